The van der Waals surface area contributed by atoms with Crippen LogP contribution in [0.1, 0.15) is 16.7 Å². The predicted molar refractivity (Wildman–Crippen MR) is 49.1 cm³/mol. The zero-order valence-electron chi connectivity index (χ0n) is 7.32. The third kappa shape index (κ3) is 1.47. The second kappa shape index (κ2) is 2.97. The first kappa shape index (κ1) is 8.78. The number of halogens is 1. The number of rotatable bonds is 1. The van der Waals surface area contributed by atoms with Gasteiger partial charge in [-0.1, -0.05) is 12.6 Å². The molecule has 2 N–H and O–H groups in total. The molecular formula is C10H12FN. The molecule has 0 fully saturated rings. The summed E-state index contributed by atoms with van der Waals surface area (Å²) >= 11 is 0. The van der Waals surface area contributed by atoms with Crippen molar-refractivity contribution in [1.29, 1.82) is 0 Å². The molecule has 0 unspecified atom stereocenters. The van der Waals surface area contributed by atoms with Gasteiger partial charge < -0.3 is 5.73 Å². The molecule has 0 spiro atoms. The SMILES string of the molecule is C=C(N)c1cc(F)c(C)cc1C. The van der Waals surface area contributed by atoms with Crippen molar-refractivity contribution in [1.82, 2.24) is 0 Å². The van der Waals surface area contributed by atoms with Crippen molar-refractivity contribution in [2.45, 2.75) is 13.8 Å². The molecule has 2 heteroatoms. The molecular weight excluding hydrogens is 153 g/mol. The molecule has 64 valence electrons. The molecule has 1 nitrogen and oxygen atoms in total. The third-order valence-corrected chi connectivity index (χ3v) is 1.85. The zero-order valence-corrected chi connectivity index (χ0v) is 7.32. The Kier molecular flexibility index (Phi) is 2.18. The number of aryl methyl sites for hydroxylation is 2. The summed E-state index contributed by atoms with van der Waals surface area (Å²) in [6.45, 7) is 7.18. The summed E-state index contributed by atoms with van der Waals surface area (Å²) in [4.78, 5) is 0. The van der Waals surface area contributed by atoms with Crippen LogP contribution in [0.2, 0.25) is 0 Å². The van der Waals surface area contributed by atoms with Crippen molar-refractivity contribution in [3.8, 4) is 0 Å². The molecule has 0 saturated carbocycles. The summed E-state index contributed by atoms with van der Waals surface area (Å²) in [6, 6.07) is 3.19. The third-order valence-electron chi connectivity index (χ3n) is 1.85. The van der Waals surface area contributed by atoms with Crippen molar-refractivity contribution < 1.29 is 4.39 Å². The van der Waals surface area contributed by atoms with Gasteiger partial charge in [-0.15, -0.1) is 0 Å². The van der Waals surface area contributed by atoms with Gasteiger partial charge in [-0.05, 0) is 31.0 Å². The molecule has 1 aromatic carbocycles. The Bertz CT molecular complexity index is 329. The molecule has 0 radical (unpaired) electrons. The number of hydrogen-bond acceptors (Lipinski definition) is 1. The van der Waals surface area contributed by atoms with E-state index in [0.29, 0.717) is 16.8 Å². The first-order valence-electron chi connectivity index (χ1n) is 3.74. The van der Waals surface area contributed by atoms with Gasteiger partial charge in [-0.2, -0.15) is 0 Å². The molecule has 0 amide bonds. The van der Waals surface area contributed by atoms with E-state index in [1.807, 2.05) is 6.92 Å². The second-order valence-electron chi connectivity index (χ2n) is 2.94. The minimum absolute atomic E-state index is 0.234. The Hall–Kier alpha value is -1.31. The van der Waals surface area contributed by atoms with Crippen molar-refractivity contribution >= 4 is 5.70 Å². The largest absolute Gasteiger partial charge is 0.399 e. The van der Waals surface area contributed by atoms with Crippen LogP contribution in [0.3, 0.4) is 0 Å². The number of hydrogen-bond donors (Lipinski definition) is 1. The minimum Gasteiger partial charge on any atom is -0.399 e. The van der Waals surface area contributed by atoms with Crippen LogP contribution in [-0.2, 0) is 0 Å². The second-order valence-corrected chi connectivity index (χ2v) is 2.94. The lowest BCUT2D eigenvalue weighted by atomic mass is 10.0. The maximum atomic E-state index is 13.0. The normalized spacial score (nSPS) is 9.92. The van der Waals surface area contributed by atoms with Gasteiger partial charge in [-0.3, -0.25) is 0 Å². The van der Waals surface area contributed by atoms with Crippen LogP contribution >= 0.6 is 0 Å². The Morgan fingerprint density at radius 3 is 2.42 bits per heavy atom. The van der Waals surface area contributed by atoms with Crippen LogP contribution in [0.4, 0.5) is 4.39 Å². The summed E-state index contributed by atoms with van der Waals surface area (Å²) in [6.07, 6.45) is 0. The van der Waals surface area contributed by atoms with Gasteiger partial charge in [-0.25, -0.2) is 4.39 Å². The van der Waals surface area contributed by atoms with Gasteiger partial charge >= 0.3 is 0 Å². The highest BCUT2D eigenvalue weighted by atomic mass is 19.1. The van der Waals surface area contributed by atoms with Crippen molar-refractivity contribution in [3.63, 3.8) is 0 Å². The quantitative estimate of drug-likeness (QED) is 0.679. The molecule has 0 aromatic heterocycles. The van der Waals surface area contributed by atoms with E-state index in [2.05, 4.69) is 6.58 Å². The lowest BCUT2D eigenvalue weighted by molar-refractivity contribution is 0.617. The Morgan fingerprint density at radius 2 is 1.92 bits per heavy atom. The van der Waals surface area contributed by atoms with E-state index in [4.69, 9.17) is 5.73 Å². The minimum atomic E-state index is -0.234. The topological polar surface area (TPSA) is 26.0 Å². The van der Waals surface area contributed by atoms with E-state index in [9.17, 15) is 4.39 Å². The van der Waals surface area contributed by atoms with Crippen LogP contribution in [-0.4, -0.2) is 0 Å². The Balaban J connectivity index is 3.33. The fraction of sp³-hybridized carbons (Fsp3) is 0.200. The number of benzene rings is 1. The van der Waals surface area contributed by atoms with Crippen LogP contribution in [0.5, 0.6) is 0 Å². The van der Waals surface area contributed by atoms with Gasteiger partial charge in [0.25, 0.3) is 0 Å². The van der Waals surface area contributed by atoms with Gasteiger partial charge in [0.15, 0.2) is 0 Å². The molecule has 0 bridgehead atoms. The molecule has 0 heterocycles. The van der Waals surface area contributed by atoms with Gasteiger partial charge in [0.05, 0.1) is 0 Å². The maximum Gasteiger partial charge on any atom is 0.126 e. The van der Waals surface area contributed by atoms with Crippen molar-refractivity contribution in [2.75, 3.05) is 0 Å². The van der Waals surface area contributed by atoms with Crippen molar-refractivity contribution in [3.05, 3.63) is 41.2 Å². The smallest absolute Gasteiger partial charge is 0.126 e. The number of nitrogens with two attached hydrogens (primary N) is 1. The average molecular weight is 165 g/mol. The maximum absolute atomic E-state index is 13.0. The van der Waals surface area contributed by atoms with E-state index >= 15 is 0 Å². The zero-order chi connectivity index (χ0) is 9.30. The van der Waals surface area contributed by atoms with Crippen LogP contribution in [0.15, 0.2) is 18.7 Å². The molecule has 0 saturated heterocycles. The summed E-state index contributed by atoms with van der Waals surface area (Å²) in [5.74, 6) is -0.234. The molecule has 0 aliphatic rings. The Labute approximate surface area is 71.7 Å². The Morgan fingerprint density at radius 1 is 1.33 bits per heavy atom. The van der Waals surface area contributed by atoms with E-state index in [1.54, 1.807) is 13.0 Å². The molecule has 1 aromatic rings. The van der Waals surface area contributed by atoms with Crippen molar-refractivity contribution in [2.24, 2.45) is 5.73 Å². The molecule has 0 atom stereocenters. The molecule has 12 heavy (non-hydrogen) atoms. The lowest BCUT2D eigenvalue weighted by Gasteiger charge is -2.06. The highest BCUT2D eigenvalue weighted by Crippen LogP contribution is 2.17. The summed E-state index contributed by atoms with van der Waals surface area (Å²) in [5, 5.41) is 0. The fourth-order valence-electron chi connectivity index (χ4n) is 1.17. The monoisotopic (exact) mass is 165 g/mol. The van der Waals surface area contributed by atoms with Gasteiger partial charge in [0.1, 0.15) is 5.82 Å². The van der Waals surface area contributed by atoms with Crippen LogP contribution < -0.4 is 5.73 Å². The predicted octanol–water partition coefficient (Wildman–Crippen LogP) is 2.37. The summed E-state index contributed by atoms with van der Waals surface area (Å²) in [7, 11) is 0. The summed E-state index contributed by atoms with van der Waals surface area (Å²) in [5.41, 5.74) is 8.17. The molecule has 0 aliphatic heterocycles. The first-order chi connectivity index (χ1) is 5.52. The van der Waals surface area contributed by atoms with Crippen LogP contribution in [0, 0.1) is 19.7 Å². The van der Waals surface area contributed by atoms with E-state index in [-0.39, 0.29) is 5.82 Å². The first-order valence-corrected chi connectivity index (χ1v) is 3.74. The van der Waals surface area contributed by atoms with Gasteiger partial charge in [0.2, 0.25) is 0 Å². The highest BCUT2D eigenvalue weighted by molar-refractivity contribution is 5.63. The molecule has 0 aliphatic carbocycles. The summed E-state index contributed by atoms with van der Waals surface area (Å²) < 4.78 is 13.0. The highest BCUT2D eigenvalue weighted by Gasteiger charge is 2.04. The lowest BCUT2D eigenvalue weighted by Crippen LogP contribution is -1.98. The van der Waals surface area contributed by atoms with Gasteiger partial charge in [0, 0.05) is 11.3 Å². The van der Waals surface area contributed by atoms with Crippen LogP contribution in [0.25, 0.3) is 5.70 Å². The van der Waals surface area contributed by atoms with E-state index < -0.39 is 0 Å². The molecule has 1 rings (SSSR count). The van der Waals surface area contributed by atoms with E-state index in [0.717, 1.165) is 5.56 Å². The average Bonchev–Trinajstić information content (AvgIpc) is 1.96. The van der Waals surface area contributed by atoms with E-state index in [1.165, 1.54) is 6.07 Å². The fourth-order valence-corrected chi connectivity index (χ4v) is 1.17. The standard InChI is InChI=1S/C10H12FN/c1-6-4-7(2)10(11)5-9(6)8(3)12/h4-5H,3,12H2,1-2H3.